The first-order chi connectivity index (χ1) is 11.8. The van der Waals surface area contributed by atoms with E-state index in [2.05, 4.69) is 9.97 Å². The average molecular weight is 353 g/mol. The monoisotopic (exact) mass is 353 g/mol. The molecule has 25 heavy (non-hydrogen) atoms. The molecule has 0 bridgehead atoms. The molecular weight excluding hydrogens is 331 g/mol. The third-order valence-corrected chi connectivity index (χ3v) is 4.77. The second-order valence-corrected chi connectivity index (χ2v) is 6.84. The lowest BCUT2D eigenvalue weighted by atomic mass is 9.85. The van der Waals surface area contributed by atoms with Crippen LogP contribution in [0.15, 0.2) is 18.2 Å². The van der Waals surface area contributed by atoms with Gasteiger partial charge >= 0.3 is 6.18 Å². The fourth-order valence-electron chi connectivity index (χ4n) is 3.19. The molecule has 0 saturated heterocycles. The summed E-state index contributed by atoms with van der Waals surface area (Å²) < 4.78 is 38.3. The molecule has 0 aliphatic heterocycles. The van der Waals surface area contributed by atoms with Gasteiger partial charge in [-0.1, -0.05) is 18.6 Å². The van der Waals surface area contributed by atoms with Gasteiger partial charge in [0.15, 0.2) is 0 Å². The smallest absolute Gasteiger partial charge is 0.342 e. The van der Waals surface area contributed by atoms with Gasteiger partial charge in [-0.25, -0.2) is 4.98 Å². The van der Waals surface area contributed by atoms with Crippen molar-refractivity contribution in [3.05, 3.63) is 29.6 Å². The number of rotatable bonds is 6. The number of benzene rings is 1. The Kier molecular flexibility index (Phi) is 5.01. The zero-order valence-corrected chi connectivity index (χ0v) is 14.2. The van der Waals surface area contributed by atoms with Crippen LogP contribution in [0.1, 0.15) is 37.1 Å². The van der Waals surface area contributed by atoms with Gasteiger partial charge in [0, 0.05) is 19.4 Å². The predicted octanol–water partition coefficient (Wildman–Crippen LogP) is 3.99. The first kappa shape index (κ1) is 17.8. The van der Waals surface area contributed by atoms with E-state index in [-0.39, 0.29) is 18.9 Å². The number of hydrogen-bond acceptors (Lipinski definition) is 2. The van der Waals surface area contributed by atoms with Gasteiger partial charge < -0.3 is 9.88 Å². The van der Waals surface area contributed by atoms with E-state index < -0.39 is 18.6 Å². The number of aromatic nitrogens is 2. The van der Waals surface area contributed by atoms with Crippen LogP contribution in [0, 0.1) is 12.8 Å². The van der Waals surface area contributed by atoms with Crippen molar-refractivity contribution in [2.75, 3.05) is 13.1 Å². The lowest BCUT2D eigenvalue weighted by Gasteiger charge is -2.32. The molecule has 0 spiro atoms. The van der Waals surface area contributed by atoms with Gasteiger partial charge in [0.05, 0.1) is 11.0 Å². The first-order valence-electron chi connectivity index (χ1n) is 8.60. The Morgan fingerprint density at radius 1 is 1.36 bits per heavy atom. The number of alkyl halides is 3. The van der Waals surface area contributed by atoms with Crippen LogP contribution in [-0.4, -0.2) is 40.0 Å². The van der Waals surface area contributed by atoms with E-state index in [9.17, 15) is 18.0 Å². The fraction of sp³-hybridized carbons (Fsp3) is 0.556. The number of para-hydroxylation sites is 1. The van der Waals surface area contributed by atoms with Crippen LogP contribution in [-0.2, 0) is 11.2 Å². The van der Waals surface area contributed by atoms with E-state index in [1.54, 1.807) is 0 Å². The number of amides is 1. The van der Waals surface area contributed by atoms with Crippen LogP contribution < -0.4 is 0 Å². The van der Waals surface area contributed by atoms with E-state index in [4.69, 9.17) is 0 Å². The van der Waals surface area contributed by atoms with Crippen LogP contribution in [0.2, 0.25) is 0 Å². The number of imidazole rings is 1. The number of aromatic amines is 1. The van der Waals surface area contributed by atoms with Crippen molar-refractivity contribution >= 4 is 16.9 Å². The number of halogens is 3. The molecule has 2 aromatic rings. The van der Waals surface area contributed by atoms with Crippen LogP contribution in [0.3, 0.4) is 0 Å². The number of fused-ring (bicyclic) bond motifs is 1. The maximum Gasteiger partial charge on any atom is 0.406 e. The predicted molar refractivity (Wildman–Crippen MR) is 89.1 cm³/mol. The molecule has 7 heteroatoms. The minimum Gasteiger partial charge on any atom is -0.342 e. The largest absolute Gasteiger partial charge is 0.406 e. The normalized spacial score (nSPS) is 15.4. The van der Waals surface area contributed by atoms with Crippen molar-refractivity contribution < 1.29 is 18.0 Å². The summed E-state index contributed by atoms with van der Waals surface area (Å²) in [4.78, 5) is 20.9. The van der Waals surface area contributed by atoms with Gasteiger partial charge in [-0.05, 0) is 37.3 Å². The van der Waals surface area contributed by atoms with E-state index >= 15 is 0 Å². The van der Waals surface area contributed by atoms with Gasteiger partial charge in [0.25, 0.3) is 0 Å². The molecule has 1 amide bonds. The topological polar surface area (TPSA) is 49.0 Å². The molecule has 1 saturated carbocycles. The zero-order valence-electron chi connectivity index (χ0n) is 14.2. The second-order valence-electron chi connectivity index (χ2n) is 6.84. The zero-order chi connectivity index (χ0) is 18.0. The van der Waals surface area contributed by atoms with Crippen LogP contribution in [0.5, 0.6) is 0 Å². The molecule has 1 aliphatic carbocycles. The summed E-state index contributed by atoms with van der Waals surface area (Å²) in [6.45, 7) is 0.987. The summed E-state index contributed by atoms with van der Waals surface area (Å²) in [5, 5.41) is 0. The summed E-state index contributed by atoms with van der Waals surface area (Å²) in [7, 11) is 0. The van der Waals surface area contributed by atoms with Gasteiger partial charge in [0.1, 0.15) is 12.4 Å². The van der Waals surface area contributed by atoms with Gasteiger partial charge in [-0.2, -0.15) is 13.2 Å². The Hall–Kier alpha value is -2.05. The highest BCUT2D eigenvalue weighted by molar-refractivity contribution is 5.79. The minimum absolute atomic E-state index is 0.0294. The molecule has 0 unspecified atom stereocenters. The molecule has 0 atom stereocenters. The number of nitrogens with zero attached hydrogens (tertiary/aromatic N) is 2. The quantitative estimate of drug-likeness (QED) is 0.853. The molecule has 4 nitrogen and oxygen atoms in total. The number of hydrogen-bond donors (Lipinski definition) is 1. The minimum atomic E-state index is -4.37. The first-order valence-corrected chi connectivity index (χ1v) is 8.60. The third kappa shape index (κ3) is 4.52. The molecule has 1 heterocycles. The van der Waals surface area contributed by atoms with Crippen LogP contribution in [0.25, 0.3) is 11.0 Å². The Balaban J connectivity index is 1.63. The Morgan fingerprint density at radius 3 is 2.72 bits per heavy atom. The molecule has 1 aliphatic rings. The van der Waals surface area contributed by atoms with Crippen LogP contribution in [0.4, 0.5) is 13.2 Å². The standard InChI is InChI=1S/C18H22F3N3O/c1-12-4-2-7-14-17(12)23-15(22-14)8-9-16(25)24(11-18(19,20)21)10-13-5-3-6-13/h2,4,7,13H,3,5-6,8-11H2,1H3,(H,22,23). The highest BCUT2D eigenvalue weighted by Crippen LogP contribution is 2.28. The SMILES string of the molecule is Cc1cccc2[nH]c(CCC(=O)N(CC3CCC3)CC(F)(F)F)nc12. The fourth-order valence-corrected chi connectivity index (χ4v) is 3.19. The number of nitrogens with one attached hydrogen (secondary N) is 1. The highest BCUT2D eigenvalue weighted by Gasteiger charge is 2.34. The number of H-pyrrole nitrogens is 1. The Morgan fingerprint density at radius 2 is 2.12 bits per heavy atom. The van der Waals surface area contributed by atoms with E-state index in [1.165, 1.54) is 0 Å². The summed E-state index contributed by atoms with van der Waals surface area (Å²) in [6.07, 6.45) is -1.17. The lowest BCUT2D eigenvalue weighted by Crippen LogP contribution is -2.43. The maximum absolute atomic E-state index is 12.8. The van der Waals surface area contributed by atoms with Crippen molar-refractivity contribution in [3.8, 4) is 0 Å². The van der Waals surface area contributed by atoms with Crippen LogP contribution >= 0.6 is 0 Å². The van der Waals surface area contributed by atoms with Crippen molar-refractivity contribution in [1.82, 2.24) is 14.9 Å². The van der Waals surface area contributed by atoms with E-state index in [0.29, 0.717) is 12.2 Å². The van der Waals surface area contributed by atoms with Gasteiger partial charge in [-0.15, -0.1) is 0 Å². The van der Waals surface area contributed by atoms with Crippen molar-refractivity contribution in [1.29, 1.82) is 0 Å². The summed E-state index contributed by atoms with van der Waals surface area (Å²) in [5.74, 6) is 0.384. The molecule has 0 radical (unpaired) electrons. The molecule has 3 rings (SSSR count). The number of carbonyl (C=O) groups excluding carboxylic acids is 1. The average Bonchev–Trinajstić information content (AvgIpc) is 2.90. The van der Waals surface area contributed by atoms with Crippen molar-refractivity contribution in [3.63, 3.8) is 0 Å². The van der Waals surface area contributed by atoms with Crippen molar-refractivity contribution in [2.24, 2.45) is 5.92 Å². The Labute approximate surface area is 144 Å². The second kappa shape index (κ2) is 7.06. The summed E-state index contributed by atoms with van der Waals surface area (Å²) >= 11 is 0. The molecule has 1 N–H and O–H groups in total. The summed E-state index contributed by atoms with van der Waals surface area (Å²) in [5.41, 5.74) is 2.74. The Bertz CT molecular complexity index is 750. The number of aryl methyl sites for hydroxylation is 2. The van der Waals surface area contributed by atoms with E-state index in [1.807, 2.05) is 25.1 Å². The highest BCUT2D eigenvalue weighted by atomic mass is 19.4. The summed E-state index contributed by atoms with van der Waals surface area (Å²) in [6, 6.07) is 5.75. The number of carbonyl (C=O) groups is 1. The van der Waals surface area contributed by atoms with E-state index in [0.717, 1.165) is 40.8 Å². The maximum atomic E-state index is 12.8. The molecule has 136 valence electrons. The van der Waals surface area contributed by atoms with Gasteiger partial charge in [-0.3, -0.25) is 4.79 Å². The molecular formula is C18H22F3N3O. The lowest BCUT2D eigenvalue weighted by molar-refractivity contribution is -0.163. The third-order valence-electron chi connectivity index (χ3n) is 4.77. The van der Waals surface area contributed by atoms with Gasteiger partial charge in [0.2, 0.25) is 5.91 Å². The molecule has 1 aromatic carbocycles. The molecule has 1 aromatic heterocycles. The van der Waals surface area contributed by atoms with Crippen molar-refractivity contribution in [2.45, 2.75) is 45.2 Å². The molecule has 1 fully saturated rings.